The minimum atomic E-state index is -1.62. The summed E-state index contributed by atoms with van der Waals surface area (Å²) in [5.74, 6) is 2.09. The number of rotatable bonds is 5. The summed E-state index contributed by atoms with van der Waals surface area (Å²) in [6, 6.07) is 18.2. The van der Waals surface area contributed by atoms with Crippen molar-refractivity contribution in [3.8, 4) is 22.4 Å². The average Bonchev–Trinajstić information content (AvgIpc) is 3.35. The Morgan fingerprint density at radius 3 is 2.06 bits per heavy atom. The van der Waals surface area contributed by atoms with E-state index < -0.39 is 19.3 Å². The number of nitrogens with one attached hydrogen (secondary N) is 1. The summed E-state index contributed by atoms with van der Waals surface area (Å²) in [6.07, 6.45) is 6.40. The number of hydrogen-bond donors (Lipinski definition) is 1. The standard InChI is InChI=1S/C40H51N6O4Si/c1-39(2,3)49-37(47)44-24-51(7,8)23-32(44)35-41-22-30(42-35)27-15-11-25(12-16-27)26-13-17-28(18-14-26)33-34(29-19-20-29)46(38(48)50-40(4,5)6)36(43-33)31-10-9-21-45(31)46/h11-18,22,29,31-32H,9-10,19-21,23-24H2,1-8H3,(H,41,42)/q+1. The molecule has 4 fully saturated rings. The predicted molar refractivity (Wildman–Crippen MR) is 201 cm³/mol. The molecule has 1 aromatic heterocycles. The molecule has 5 aliphatic rings. The molecule has 1 saturated carbocycles. The zero-order valence-corrected chi connectivity index (χ0v) is 32.2. The molecule has 5 heterocycles. The molecule has 0 spiro atoms. The van der Waals surface area contributed by atoms with Crippen molar-refractivity contribution >= 4 is 31.8 Å². The van der Waals surface area contributed by atoms with Crippen LogP contribution in [0.4, 0.5) is 9.59 Å². The zero-order chi connectivity index (χ0) is 36.1. The predicted octanol–water partition coefficient (Wildman–Crippen LogP) is 8.92. The number of allylic oxidation sites excluding steroid dienone is 1. The van der Waals surface area contributed by atoms with Crippen LogP contribution in [-0.2, 0) is 9.47 Å². The first kappa shape index (κ1) is 34.0. The Balaban J connectivity index is 1.03. The topological polar surface area (TPSA) is 100 Å². The Bertz CT molecular complexity index is 1950. The van der Waals surface area contributed by atoms with Crippen LogP contribution in [0.3, 0.4) is 0 Å². The summed E-state index contributed by atoms with van der Waals surface area (Å²) in [5.41, 5.74) is 6.16. The number of ether oxygens (including phenoxy) is 2. The van der Waals surface area contributed by atoms with Crippen LogP contribution in [0.5, 0.6) is 0 Å². The van der Waals surface area contributed by atoms with Crippen LogP contribution in [0, 0.1) is 5.92 Å². The van der Waals surface area contributed by atoms with Crippen molar-refractivity contribution in [1.29, 1.82) is 0 Å². The third-order valence-corrected chi connectivity index (χ3v) is 13.3. The lowest BCUT2D eigenvalue weighted by Gasteiger charge is -2.50. The number of benzene rings is 2. The van der Waals surface area contributed by atoms with Gasteiger partial charge in [0.1, 0.15) is 22.7 Å². The van der Waals surface area contributed by atoms with Crippen LogP contribution in [0.2, 0.25) is 19.1 Å². The molecule has 8 rings (SSSR count). The van der Waals surface area contributed by atoms with Gasteiger partial charge in [0.25, 0.3) is 5.84 Å². The fourth-order valence-electron chi connectivity index (χ4n) is 8.39. The number of amides is 2. The monoisotopic (exact) mass is 707 g/mol. The van der Waals surface area contributed by atoms with E-state index in [1.165, 1.54) is 0 Å². The number of nitrogens with zero attached hydrogens (tertiary/aromatic N) is 5. The van der Waals surface area contributed by atoms with E-state index in [0.717, 1.165) is 95.4 Å². The smallest absolute Gasteiger partial charge is 0.444 e. The molecule has 0 bridgehead atoms. The minimum Gasteiger partial charge on any atom is -0.444 e. The molecule has 0 radical (unpaired) electrons. The SMILES string of the molecule is CC(C)(C)OC(=O)N1C[Si](C)(C)CC1c1ncc(-c2ccc(-c3ccc(C4=C(C5CC5)[N+]5(C(=O)OC(C)(C)C)C(=N4)C4CCCN45)cc3)cc2)[nH]1. The summed E-state index contributed by atoms with van der Waals surface area (Å²) in [7, 11) is -1.62. The Morgan fingerprint density at radius 1 is 0.843 bits per heavy atom. The van der Waals surface area contributed by atoms with Gasteiger partial charge in [0.2, 0.25) is 0 Å². The highest BCUT2D eigenvalue weighted by Crippen LogP contribution is 2.57. The van der Waals surface area contributed by atoms with E-state index in [2.05, 4.69) is 71.6 Å². The van der Waals surface area contributed by atoms with Gasteiger partial charge in [-0.2, -0.15) is 9.79 Å². The Kier molecular flexibility index (Phi) is 7.83. The number of carbonyl (C=O) groups is 2. The van der Waals surface area contributed by atoms with Crippen molar-refractivity contribution in [2.45, 2.75) is 110 Å². The second kappa shape index (κ2) is 11.7. The first-order valence-electron chi connectivity index (χ1n) is 18.5. The highest BCUT2D eigenvalue weighted by atomic mass is 28.3. The van der Waals surface area contributed by atoms with E-state index in [9.17, 15) is 9.59 Å². The van der Waals surface area contributed by atoms with Crippen molar-refractivity contribution in [3.05, 3.63) is 71.8 Å². The van der Waals surface area contributed by atoms with E-state index in [0.29, 0.717) is 5.92 Å². The highest BCUT2D eigenvalue weighted by molar-refractivity contribution is 6.78. The Hall–Kier alpha value is -4.06. The first-order chi connectivity index (χ1) is 24.0. The lowest BCUT2D eigenvalue weighted by Crippen LogP contribution is -2.79. The van der Waals surface area contributed by atoms with Gasteiger partial charge in [-0.15, -0.1) is 5.01 Å². The molecule has 3 saturated heterocycles. The summed E-state index contributed by atoms with van der Waals surface area (Å²) in [6.45, 7) is 17.0. The summed E-state index contributed by atoms with van der Waals surface area (Å²) >= 11 is 0. The Morgan fingerprint density at radius 2 is 1.45 bits per heavy atom. The molecular weight excluding hydrogens is 657 g/mol. The van der Waals surface area contributed by atoms with Crippen molar-refractivity contribution < 1.29 is 23.7 Å². The van der Waals surface area contributed by atoms with Gasteiger partial charge in [0.05, 0.1) is 32.6 Å². The molecule has 3 unspecified atom stereocenters. The number of amidine groups is 1. The molecule has 2 amide bonds. The van der Waals surface area contributed by atoms with Crippen LogP contribution in [0.15, 0.2) is 65.4 Å². The van der Waals surface area contributed by atoms with Gasteiger partial charge in [-0.1, -0.05) is 66.2 Å². The molecule has 51 heavy (non-hydrogen) atoms. The summed E-state index contributed by atoms with van der Waals surface area (Å²) in [4.78, 5) is 42.6. The summed E-state index contributed by atoms with van der Waals surface area (Å²) in [5, 5.41) is 2.32. The van der Waals surface area contributed by atoms with Crippen molar-refractivity contribution in [2.24, 2.45) is 10.9 Å². The van der Waals surface area contributed by atoms with Gasteiger partial charge in [0.15, 0.2) is 11.7 Å². The summed E-state index contributed by atoms with van der Waals surface area (Å²) < 4.78 is 11.9. The Labute approximate surface area is 302 Å². The van der Waals surface area contributed by atoms with Crippen LogP contribution in [-0.4, -0.2) is 80.5 Å². The number of carbonyl (C=O) groups excluding carboxylic acids is 2. The van der Waals surface area contributed by atoms with E-state index >= 15 is 0 Å². The lowest BCUT2D eigenvalue weighted by atomic mass is 10.00. The molecule has 1 N–H and O–H groups in total. The normalized spacial score (nSPS) is 25.7. The maximum Gasteiger partial charge on any atom is 0.548 e. The molecule has 10 nitrogen and oxygen atoms in total. The molecule has 4 aliphatic heterocycles. The fraction of sp³-hybridized carbons (Fsp3) is 0.500. The zero-order valence-electron chi connectivity index (χ0n) is 31.2. The molecule has 3 aromatic rings. The molecule has 3 atom stereocenters. The van der Waals surface area contributed by atoms with Crippen LogP contribution in [0.1, 0.15) is 84.7 Å². The number of hydrogen-bond acceptors (Lipinski definition) is 7. The number of imidazole rings is 1. The maximum atomic E-state index is 14.0. The van der Waals surface area contributed by atoms with Crippen LogP contribution >= 0.6 is 0 Å². The van der Waals surface area contributed by atoms with Gasteiger partial charge >= 0.3 is 12.2 Å². The molecule has 1 aliphatic carbocycles. The molecular formula is C40H51N6O4Si+. The van der Waals surface area contributed by atoms with Crippen LogP contribution in [0.25, 0.3) is 28.1 Å². The van der Waals surface area contributed by atoms with Gasteiger partial charge in [0, 0.05) is 17.6 Å². The van der Waals surface area contributed by atoms with Gasteiger partial charge in [-0.25, -0.2) is 9.78 Å². The number of aromatic nitrogens is 2. The number of aromatic amines is 1. The van der Waals surface area contributed by atoms with E-state index in [-0.39, 0.29) is 28.9 Å². The molecule has 2 aromatic carbocycles. The third kappa shape index (κ3) is 5.96. The van der Waals surface area contributed by atoms with Gasteiger partial charge in [-0.3, -0.25) is 0 Å². The lowest BCUT2D eigenvalue weighted by molar-refractivity contribution is -0.896. The molecule has 11 heteroatoms. The van der Waals surface area contributed by atoms with Crippen molar-refractivity contribution in [3.63, 3.8) is 0 Å². The number of H-pyrrole nitrogens is 1. The number of quaternary nitrogens is 1. The maximum absolute atomic E-state index is 14.0. The molecule has 268 valence electrons. The van der Waals surface area contributed by atoms with E-state index in [1.807, 2.05) is 52.6 Å². The van der Waals surface area contributed by atoms with Crippen molar-refractivity contribution in [2.75, 3.05) is 12.7 Å². The quantitative estimate of drug-likeness (QED) is 0.210. The van der Waals surface area contributed by atoms with Crippen molar-refractivity contribution in [1.82, 2.24) is 19.9 Å². The number of aliphatic imine (C=N–C) groups is 1. The van der Waals surface area contributed by atoms with E-state index in [1.54, 1.807) is 0 Å². The van der Waals surface area contributed by atoms with Crippen LogP contribution < -0.4 is 0 Å². The number of fused-ring (bicyclic) bond motifs is 4. The van der Waals surface area contributed by atoms with Gasteiger partial charge < -0.3 is 19.4 Å². The van der Waals surface area contributed by atoms with Gasteiger partial charge in [-0.05, 0) is 90.0 Å². The highest BCUT2D eigenvalue weighted by Gasteiger charge is 2.75. The second-order valence-electron chi connectivity index (χ2n) is 17.7. The largest absolute Gasteiger partial charge is 0.548 e. The van der Waals surface area contributed by atoms with E-state index in [4.69, 9.17) is 19.5 Å². The fourth-order valence-corrected chi connectivity index (χ4v) is 11.3. The first-order valence-corrected chi connectivity index (χ1v) is 21.9. The second-order valence-corrected chi connectivity index (χ2v) is 22.8. The minimum absolute atomic E-state index is 0.0694. The average molecular weight is 708 g/mol. The third-order valence-electron chi connectivity index (χ3n) is 10.6.